The normalized spacial score (nSPS) is 17.4. The lowest BCUT2D eigenvalue weighted by Gasteiger charge is -2.10. The van der Waals surface area contributed by atoms with Gasteiger partial charge in [0, 0.05) is 24.8 Å². The molecule has 25 heavy (non-hydrogen) atoms. The number of ether oxygens (including phenoxy) is 1. The van der Waals surface area contributed by atoms with E-state index in [1.807, 2.05) is 0 Å². The first-order chi connectivity index (χ1) is 12.0. The Balaban J connectivity index is 1.52. The summed E-state index contributed by atoms with van der Waals surface area (Å²) in [6.07, 6.45) is 1.25. The molecule has 1 amide bonds. The predicted octanol–water partition coefficient (Wildman–Crippen LogP) is 2.24. The molecular formula is C17H20N2O4S2. The van der Waals surface area contributed by atoms with Crippen LogP contribution in [0.25, 0.3) is 0 Å². The lowest BCUT2D eigenvalue weighted by Crippen LogP contribution is -2.30. The van der Waals surface area contributed by atoms with E-state index in [1.165, 1.54) is 0 Å². The fourth-order valence-corrected chi connectivity index (χ4v) is 4.61. The maximum absolute atomic E-state index is 12.2. The van der Waals surface area contributed by atoms with Gasteiger partial charge in [0.25, 0.3) is 10.0 Å². The minimum Gasteiger partial charge on any atom is -0.381 e. The van der Waals surface area contributed by atoms with Crippen LogP contribution in [0.2, 0.25) is 0 Å². The molecule has 1 unspecified atom stereocenters. The van der Waals surface area contributed by atoms with Crippen LogP contribution in [0.15, 0.2) is 46.0 Å². The maximum Gasteiger partial charge on any atom is 0.271 e. The van der Waals surface area contributed by atoms with Crippen LogP contribution in [0.3, 0.4) is 0 Å². The Morgan fingerprint density at radius 2 is 2.04 bits per heavy atom. The first-order valence-electron chi connectivity index (χ1n) is 8.02. The SMILES string of the molecule is O=C(Cc1ccc(NS(=O)(=O)c2cccs2)cc1)NCC1CCOC1. The monoisotopic (exact) mass is 380 g/mol. The number of hydrogen-bond acceptors (Lipinski definition) is 5. The highest BCUT2D eigenvalue weighted by Crippen LogP contribution is 2.20. The first-order valence-corrected chi connectivity index (χ1v) is 10.4. The Kier molecular flexibility index (Phi) is 5.72. The number of amides is 1. The number of hydrogen-bond donors (Lipinski definition) is 2. The second-order valence-corrected chi connectivity index (χ2v) is 8.80. The van der Waals surface area contributed by atoms with Crippen LogP contribution in [-0.4, -0.2) is 34.1 Å². The highest BCUT2D eigenvalue weighted by Gasteiger charge is 2.17. The molecule has 3 rings (SSSR count). The quantitative estimate of drug-likeness (QED) is 0.772. The Morgan fingerprint density at radius 1 is 1.24 bits per heavy atom. The Bertz CT molecular complexity index is 796. The molecule has 6 nitrogen and oxygen atoms in total. The summed E-state index contributed by atoms with van der Waals surface area (Å²) in [7, 11) is -3.55. The van der Waals surface area contributed by atoms with Crippen molar-refractivity contribution in [1.82, 2.24) is 5.32 Å². The second kappa shape index (κ2) is 7.99. The van der Waals surface area contributed by atoms with Gasteiger partial charge in [-0.1, -0.05) is 18.2 Å². The summed E-state index contributed by atoms with van der Waals surface area (Å²) in [6.45, 7) is 2.11. The Morgan fingerprint density at radius 3 is 2.68 bits per heavy atom. The lowest BCUT2D eigenvalue weighted by atomic mass is 10.1. The van der Waals surface area contributed by atoms with Gasteiger partial charge in [-0.2, -0.15) is 0 Å². The smallest absolute Gasteiger partial charge is 0.271 e. The highest BCUT2D eigenvalue weighted by atomic mass is 32.2. The third kappa shape index (κ3) is 5.04. The van der Waals surface area contributed by atoms with E-state index in [0.29, 0.717) is 24.8 Å². The molecule has 1 fully saturated rings. The molecular weight excluding hydrogens is 360 g/mol. The molecule has 2 heterocycles. The van der Waals surface area contributed by atoms with Crippen LogP contribution in [-0.2, 0) is 26.0 Å². The molecule has 1 atom stereocenters. The molecule has 0 bridgehead atoms. The summed E-state index contributed by atoms with van der Waals surface area (Å²) in [6, 6.07) is 10.1. The van der Waals surface area contributed by atoms with E-state index < -0.39 is 10.0 Å². The van der Waals surface area contributed by atoms with Crippen LogP contribution < -0.4 is 10.0 Å². The number of sulfonamides is 1. The number of nitrogens with one attached hydrogen (secondary N) is 2. The van der Waals surface area contributed by atoms with E-state index in [2.05, 4.69) is 10.0 Å². The largest absolute Gasteiger partial charge is 0.381 e. The van der Waals surface area contributed by atoms with E-state index in [1.54, 1.807) is 41.8 Å². The number of anilines is 1. The van der Waals surface area contributed by atoms with E-state index >= 15 is 0 Å². The summed E-state index contributed by atoms with van der Waals surface area (Å²) in [4.78, 5) is 12.0. The van der Waals surface area contributed by atoms with Crippen molar-refractivity contribution < 1.29 is 17.9 Å². The van der Waals surface area contributed by atoms with E-state index in [0.717, 1.165) is 29.9 Å². The predicted molar refractivity (Wildman–Crippen MR) is 97.2 cm³/mol. The van der Waals surface area contributed by atoms with E-state index in [4.69, 9.17) is 4.74 Å². The van der Waals surface area contributed by atoms with Crippen molar-refractivity contribution in [2.24, 2.45) is 5.92 Å². The van der Waals surface area contributed by atoms with Crippen molar-refractivity contribution in [3.8, 4) is 0 Å². The summed E-state index contributed by atoms with van der Waals surface area (Å²) >= 11 is 1.16. The van der Waals surface area contributed by atoms with Crippen molar-refractivity contribution in [2.75, 3.05) is 24.5 Å². The van der Waals surface area contributed by atoms with Gasteiger partial charge in [0.05, 0.1) is 13.0 Å². The zero-order valence-electron chi connectivity index (χ0n) is 13.6. The number of thiophene rings is 1. The van der Waals surface area contributed by atoms with E-state index in [-0.39, 0.29) is 16.5 Å². The van der Waals surface area contributed by atoms with Gasteiger partial charge in [-0.3, -0.25) is 9.52 Å². The average molecular weight is 380 g/mol. The van der Waals surface area contributed by atoms with Gasteiger partial charge in [0.2, 0.25) is 5.91 Å². The molecule has 0 radical (unpaired) electrons. The molecule has 1 aliphatic rings. The number of rotatable bonds is 7. The van der Waals surface area contributed by atoms with Crippen LogP contribution in [0.4, 0.5) is 5.69 Å². The summed E-state index contributed by atoms with van der Waals surface area (Å²) in [5.41, 5.74) is 1.31. The lowest BCUT2D eigenvalue weighted by molar-refractivity contribution is -0.120. The van der Waals surface area contributed by atoms with Crippen LogP contribution in [0, 0.1) is 5.92 Å². The third-order valence-corrected chi connectivity index (χ3v) is 6.72. The van der Waals surface area contributed by atoms with E-state index in [9.17, 15) is 13.2 Å². The van der Waals surface area contributed by atoms with Crippen molar-refractivity contribution in [3.63, 3.8) is 0 Å². The molecule has 1 aromatic heterocycles. The van der Waals surface area contributed by atoms with Crippen molar-refractivity contribution in [2.45, 2.75) is 17.1 Å². The average Bonchev–Trinajstić information content (AvgIpc) is 3.28. The summed E-state index contributed by atoms with van der Waals surface area (Å²) < 4.78 is 32.4. The van der Waals surface area contributed by atoms with Gasteiger partial charge in [0.1, 0.15) is 4.21 Å². The molecule has 2 aromatic rings. The topological polar surface area (TPSA) is 84.5 Å². The molecule has 0 spiro atoms. The van der Waals surface area contributed by atoms with Gasteiger partial charge < -0.3 is 10.1 Å². The standard InChI is InChI=1S/C17H20N2O4S2/c20-16(18-11-14-7-8-23-12-14)10-13-3-5-15(6-4-13)19-25(21,22)17-2-1-9-24-17/h1-6,9,14,19H,7-8,10-12H2,(H,18,20). The van der Waals surface area contributed by atoms with Crippen molar-refractivity contribution in [1.29, 1.82) is 0 Å². The second-order valence-electron chi connectivity index (χ2n) is 5.94. The summed E-state index contributed by atoms with van der Waals surface area (Å²) in [5, 5.41) is 4.63. The number of carbonyl (C=O) groups is 1. The third-order valence-electron chi connectivity index (χ3n) is 3.94. The Hall–Kier alpha value is -1.90. The number of benzene rings is 1. The van der Waals surface area contributed by atoms with Gasteiger partial charge in [-0.15, -0.1) is 11.3 Å². The molecule has 8 heteroatoms. The van der Waals surface area contributed by atoms with Crippen molar-refractivity contribution >= 4 is 33.0 Å². The van der Waals surface area contributed by atoms with Gasteiger partial charge >= 0.3 is 0 Å². The minimum absolute atomic E-state index is 0.0428. The fourth-order valence-electron chi connectivity index (χ4n) is 2.56. The van der Waals surface area contributed by atoms with Crippen LogP contribution in [0.1, 0.15) is 12.0 Å². The van der Waals surface area contributed by atoms with Crippen LogP contribution >= 0.6 is 11.3 Å². The number of carbonyl (C=O) groups excluding carboxylic acids is 1. The van der Waals surface area contributed by atoms with Crippen molar-refractivity contribution in [3.05, 3.63) is 47.3 Å². The summed E-state index contributed by atoms with van der Waals surface area (Å²) in [5.74, 6) is 0.358. The van der Waals surface area contributed by atoms with Crippen LogP contribution in [0.5, 0.6) is 0 Å². The molecule has 1 saturated heterocycles. The minimum atomic E-state index is -3.55. The van der Waals surface area contributed by atoms with Gasteiger partial charge in [-0.25, -0.2) is 8.42 Å². The molecule has 2 N–H and O–H groups in total. The fraction of sp³-hybridized carbons (Fsp3) is 0.353. The molecule has 1 aliphatic heterocycles. The zero-order chi connectivity index (χ0) is 17.7. The highest BCUT2D eigenvalue weighted by molar-refractivity contribution is 7.94. The molecule has 134 valence electrons. The zero-order valence-corrected chi connectivity index (χ0v) is 15.2. The molecule has 0 saturated carbocycles. The van der Waals surface area contributed by atoms with Gasteiger partial charge in [-0.05, 0) is 35.6 Å². The Labute approximate surface area is 151 Å². The maximum atomic E-state index is 12.2. The van der Waals surface area contributed by atoms with Gasteiger partial charge in [0.15, 0.2) is 0 Å². The molecule has 1 aromatic carbocycles. The first kappa shape index (κ1) is 17.9. The molecule has 0 aliphatic carbocycles.